The Morgan fingerprint density at radius 2 is 1.83 bits per heavy atom. The molecule has 1 amide bonds. The number of amides is 1. The molecule has 0 aromatic heterocycles. The van der Waals surface area contributed by atoms with E-state index in [-0.39, 0.29) is 11.8 Å². The first-order valence-electron chi connectivity index (χ1n) is 6.93. The highest BCUT2D eigenvalue weighted by atomic mass is 16.3. The number of hydrogen-bond acceptors (Lipinski definition) is 3. The van der Waals surface area contributed by atoms with Gasteiger partial charge in [-0.25, -0.2) is 0 Å². The molecule has 1 saturated carbocycles. The van der Waals surface area contributed by atoms with Gasteiger partial charge in [0.1, 0.15) is 0 Å². The lowest BCUT2D eigenvalue weighted by molar-refractivity contribution is -0.127. The molecule has 0 atom stereocenters. The Morgan fingerprint density at radius 1 is 1.28 bits per heavy atom. The first-order chi connectivity index (χ1) is 8.28. The van der Waals surface area contributed by atoms with Crippen LogP contribution in [0.4, 0.5) is 0 Å². The summed E-state index contributed by atoms with van der Waals surface area (Å²) in [5.41, 5.74) is -0.822. The Labute approximate surface area is 111 Å². The summed E-state index contributed by atoms with van der Waals surface area (Å²) in [6.07, 6.45) is 4.24. The van der Waals surface area contributed by atoms with Crippen LogP contribution in [-0.2, 0) is 4.79 Å². The molecule has 1 aliphatic rings. The third-order valence-corrected chi connectivity index (χ3v) is 3.54. The third-order valence-electron chi connectivity index (χ3n) is 3.54. The number of aliphatic hydroxyl groups is 1. The van der Waals surface area contributed by atoms with Crippen molar-refractivity contribution in [1.29, 1.82) is 0 Å². The number of nitrogens with one attached hydrogen (secondary N) is 1. The van der Waals surface area contributed by atoms with E-state index in [1.54, 1.807) is 13.8 Å². The minimum absolute atomic E-state index is 0.112. The maximum atomic E-state index is 11.9. The maximum absolute atomic E-state index is 11.9. The fourth-order valence-corrected chi connectivity index (χ4v) is 2.57. The van der Waals surface area contributed by atoms with Crippen molar-refractivity contribution in [3.05, 3.63) is 0 Å². The molecule has 0 saturated heterocycles. The van der Waals surface area contributed by atoms with Crippen molar-refractivity contribution < 1.29 is 9.90 Å². The summed E-state index contributed by atoms with van der Waals surface area (Å²) in [6.45, 7) is 4.88. The molecular weight excluding hydrogens is 228 g/mol. The van der Waals surface area contributed by atoms with Crippen LogP contribution in [0, 0.1) is 11.8 Å². The molecule has 0 bridgehead atoms. The summed E-state index contributed by atoms with van der Waals surface area (Å²) >= 11 is 0. The van der Waals surface area contributed by atoms with Crippen LogP contribution in [-0.4, -0.2) is 48.7 Å². The summed E-state index contributed by atoms with van der Waals surface area (Å²) in [6, 6.07) is 0. The van der Waals surface area contributed by atoms with E-state index in [1.807, 2.05) is 0 Å². The first-order valence-corrected chi connectivity index (χ1v) is 6.93. The standard InChI is InChI=1S/C14H28N2O2/c1-14(2,18)10-15-13(17)12-7-5-11(6-8-12)9-16(3)4/h11-12,18H,5-10H2,1-4H3,(H,15,17). The highest BCUT2D eigenvalue weighted by Crippen LogP contribution is 2.29. The first kappa shape index (κ1) is 15.4. The molecule has 0 aromatic carbocycles. The predicted molar refractivity (Wildman–Crippen MR) is 73.3 cm³/mol. The van der Waals surface area contributed by atoms with Crippen LogP contribution in [0.15, 0.2) is 0 Å². The molecule has 2 N–H and O–H groups in total. The average Bonchev–Trinajstić information content (AvgIpc) is 2.25. The maximum Gasteiger partial charge on any atom is 0.223 e. The normalized spacial score (nSPS) is 25.2. The van der Waals surface area contributed by atoms with Gasteiger partial charge >= 0.3 is 0 Å². The molecule has 106 valence electrons. The number of carbonyl (C=O) groups excluding carboxylic acids is 1. The Bertz CT molecular complexity index is 263. The van der Waals surface area contributed by atoms with Gasteiger partial charge in [0.2, 0.25) is 5.91 Å². The lowest BCUT2D eigenvalue weighted by Gasteiger charge is -2.30. The second-order valence-corrected chi connectivity index (χ2v) is 6.51. The van der Waals surface area contributed by atoms with Crippen LogP contribution in [0.2, 0.25) is 0 Å². The Kier molecular flexibility index (Phi) is 5.60. The van der Waals surface area contributed by atoms with Crippen LogP contribution in [0.25, 0.3) is 0 Å². The predicted octanol–water partition coefficient (Wildman–Crippen LogP) is 1.24. The molecule has 4 nitrogen and oxygen atoms in total. The van der Waals surface area contributed by atoms with Gasteiger partial charge in [0.15, 0.2) is 0 Å². The molecule has 1 rings (SSSR count). The highest BCUT2D eigenvalue weighted by Gasteiger charge is 2.27. The van der Waals surface area contributed by atoms with Gasteiger partial charge in [-0.15, -0.1) is 0 Å². The van der Waals surface area contributed by atoms with Gasteiger partial charge in [-0.2, -0.15) is 0 Å². The zero-order chi connectivity index (χ0) is 13.8. The smallest absolute Gasteiger partial charge is 0.223 e. The summed E-state index contributed by atoms with van der Waals surface area (Å²) in [5.74, 6) is 0.990. The van der Waals surface area contributed by atoms with E-state index < -0.39 is 5.60 Å². The van der Waals surface area contributed by atoms with E-state index in [9.17, 15) is 9.90 Å². The fourth-order valence-electron chi connectivity index (χ4n) is 2.57. The summed E-state index contributed by atoms with van der Waals surface area (Å²) < 4.78 is 0. The zero-order valence-electron chi connectivity index (χ0n) is 12.2. The molecule has 18 heavy (non-hydrogen) atoms. The number of rotatable bonds is 5. The molecule has 0 spiro atoms. The van der Waals surface area contributed by atoms with E-state index in [4.69, 9.17) is 0 Å². The van der Waals surface area contributed by atoms with Gasteiger partial charge in [0.25, 0.3) is 0 Å². The molecular formula is C14H28N2O2. The molecule has 1 aliphatic carbocycles. The lowest BCUT2D eigenvalue weighted by Crippen LogP contribution is -2.42. The molecule has 0 radical (unpaired) electrons. The van der Waals surface area contributed by atoms with Gasteiger partial charge in [0.05, 0.1) is 5.60 Å². The lowest BCUT2D eigenvalue weighted by atomic mass is 9.81. The molecule has 0 heterocycles. The highest BCUT2D eigenvalue weighted by molar-refractivity contribution is 5.78. The van der Waals surface area contributed by atoms with E-state index in [2.05, 4.69) is 24.3 Å². The van der Waals surface area contributed by atoms with Gasteiger partial charge < -0.3 is 15.3 Å². The zero-order valence-corrected chi connectivity index (χ0v) is 12.2. The van der Waals surface area contributed by atoms with Crippen molar-refractivity contribution in [1.82, 2.24) is 10.2 Å². The van der Waals surface area contributed by atoms with Crippen molar-refractivity contribution in [2.75, 3.05) is 27.2 Å². The van der Waals surface area contributed by atoms with Gasteiger partial charge in [-0.3, -0.25) is 4.79 Å². The van der Waals surface area contributed by atoms with Crippen molar-refractivity contribution >= 4 is 5.91 Å². The molecule has 0 aliphatic heterocycles. The van der Waals surface area contributed by atoms with E-state index in [0.717, 1.165) is 38.1 Å². The van der Waals surface area contributed by atoms with Crippen molar-refractivity contribution in [2.24, 2.45) is 11.8 Å². The van der Waals surface area contributed by atoms with Crippen LogP contribution in [0.3, 0.4) is 0 Å². The third kappa shape index (κ3) is 5.83. The van der Waals surface area contributed by atoms with Gasteiger partial charge in [0, 0.05) is 19.0 Å². The van der Waals surface area contributed by atoms with Crippen molar-refractivity contribution in [3.8, 4) is 0 Å². The number of nitrogens with zero attached hydrogens (tertiary/aromatic N) is 1. The molecule has 4 heteroatoms. The minimum atomic E-state index is -0.822. The van der Waals surface area contributed by atoms with Crippen LogP contribution in [0.5, 0.6) is 0 Å². The van der Waals surface area contributed by atoms with Crippen molar-refractivity contribution in [3.63, 3.8) is 0 Å². The summed E-state index contributed by atoms with van der Waals surface area (Å²) in [5, 5.41) is 12.4. The quantitative estimate of drug-likeness (QED) is 0.778. The van der Waals surface area contributed by atoms with Crippen LogP contribution < -0.4 is 5.32 Å². The van der Waals surface area contributed by atoms with E-state index in [0.29, 0.717) is 6.54 Å². The second-order valence-electron chi connectivity index (χ2n) is 6.51. The van der Waals surface area contributed by atoms with E-state index >= 15 is 0 Å². The van der Waals surface area contributed by atoms with Crippen molar-refractivity contribution in [2.45, 2.75) is 45.1 Å². The fraction of sp³-hybridized carbons (Fsp3) is 0.929. The number of carbonyl (C=O) groups is 1. The van der Waals surface area contributed by atoms with Crippen LogP contribution >= 0.6 is 0 Å². The summed E-state index contributed by atoms with van der Waals surface area (Å²) in [4.78, 5) is 14.2. The molecule has 0 aromatic rings. The second kappa shape index (κ2) is 6.53. The number of hydrogen-bond donors (Lipinski definition) is 2. The monoisotopic (exact) mass is 256 g/mol. The largest absolute Gasteiger partial charge is 0.389 e. The Morgan fingerprint density at radius 3 is 2.28 bits per heavy atom. The topological polar surface area (TPSA) is 52.6 Å². The van der Waals surface area contributed by atoms with Gasteiger partial charge in [-0.05, 0) is 59.5 Å². The molecule has 1 fully saturated rings. The Hall–Kier alpha value is -0.610. The van der Waals surface area contributed by atoms with E-state index in [1.165, 1.54) is 0 Å². The molecule has 0 unspecified atom stereocenters. The summed E-state index contributed by atoms with van der Waals surface area (Å²) in [7, 11) is 4.20. The SMILES string of the molecule is CN(C)CC1CCC(C(=O)NCC(C)(C)O)CC1. The Balaban J connectivity index is 2.27. The van der Waals surface area contributed by atoms with Gasteiger partial charge in [-0.1, -0.05) is 0 Å². The minimum Gasteiger partial charge on any atom is -0.389 e. The van der Waals surface area contributed by atoms with Crippen LogP contribution in [0.1, 0.15) is 39.5 Å². The average molecular weight is 256 g/mol.